The van der Waals surface area contributed by atoms with Crippen molar-refractivity contribution in [3.63, 3.8) is 0 Å². The van der Waals surface area contributed by atoms with Gasteiger partial charge in [-0.05, 0) is 25.1 Å². The van der Waals surface area contributed by atoms with Crippen LogP contribution in [0, 0.1) is 0 Å². The minimum atomic E-state index is 0.176. The second-order valence-electron chi connectivity index (χ2n) is 3.15. The van der Waals surface area contributed by atoms with Gasteiger partial charge in [-0.3, -0.25) is 4.79 Å². The summed E-state index contributed by atoms with van der Waals surface area (Å²) in [6.45, 7) is 2.70. The Kier molecular flexibility index (Phi) is 2.37. The average molecular weight is 208 g/mol. The summed E-state index contributed by atoms with van der Waals surface area (Å²) in [4.78, 5) is 14.4. The molecular weight excluding hydrogens is 196 g/mol. The van der Waals surface area contributed by atoms with Gasteiger partial charge >= 0.3 is 0 Å². The van der Waals surface area contributed by atoms with Gasteiger partial charge in [0.1, 0.15) is 0 Å². The number of thioether (sulfide) groups is 1. The zero-order valence-corrected chi connectivity index (χ0v) is 8.80. The third kappa shape index (κ3) is 1.46. The number of fused-ring (bicyclic) bond motifs is 1. The molecule has 0 saturated heterocycles. The lowest BCUT2D eigenvalue weighted by atomic mass is 10.2. The molecule has 0 aromatic heterocycles. The molecule has 0 fully saturated rings. The summed E-state index contributed by atoms with van der Waals surface area (Å²) < 4.78 is 0. The number of rotatable bonds is 1. The van der Waals surface area contributed by atoms with Crippen LogP contribution in [0.4, 0.5) is 11.4 Å². The zero-order valence-electron chi connectivity index (χ0n) is 7.99. The van der Waals surface area contributed by atoms with Gasteiger partial charge in [-0.25, -0.2) is 0 Å². The molecule has 1 aromatic rings. The Balaban J connectivity index is 2.47. The molecule has 1 aromatic carbocycles. The van der Waals surface area contributed by atoms with Crippen molar-refractivity contribution in [2.75, 3.05) is 22.9 Å². The van der Waals surface area contributed by atoms with Crippen LogP contribution in [0.15, 0.2) is 23.1 Å². The number of benzene rings is 1. The minimum absolute atomic E-state index is 0.176. The Morgan fingerprint density at radius 3 is 3.07 bits per heavy atom. The van der Waals surface area contributed by atoms with Crippen LogP contribution in [0.3, 0.4) is 0 Å². The van der Waals surface area contributed by atoms with Crippen molar-refractivity contribution in [1.82, 2.24) is 0 Å². The van der Waals surface area contributed by atoms with Crippen molar-refractivity contribution < 1.29 is 4.79 Å². The molecule has 0 radical (unpaired) electrons. The molecule has 0 saturated carbocycles. The Hall–Kier alpha value is -1.16. The molecule has 3 nitrogen and oxygen atoms in total. The SMILES string of the molecule is CCN1C(=O)CSc2cc(N)ccc21. The van der Waals surface area contributed by atoms with Crippen molar-refractivity contribution in [1.29, 1.82) is 0 Å². The standard InChI is InChI=1S/C10H12N2OS/c1-2-12-8-4-3-7(11)5-9(8)14-6-10(12)13/h3-5H,2,6,11H2,1H3. The van der Waals surface area contributed by atoms with Gasteiger partial charge < -0.3 is 10.6 Å². The molecule has 74 valence electrons. The maximum Gasteiger partial charge on any atom is 0.237 e. The third-order valence-electron chi connectivity index (χ3n) is 2.24. The van der Waals surface area contributed by atoms with Gasteiger partial charge in [0.25, 0.3) is 0 Å². The fourth-order valence-electron chi connectivity index (χ4n) is 1.57. The highest BCUT2D eigenvalue weighted by atomic mass is 32.2. The first-order valence-corrected chi connectivity index (χ1v) is 5.53. The van der Waals surface area contributed by atoms with Crippen LogP contribution in [-0.2, 0) is 4.79 Å². The second kappa shape index (κ2) is 3.53. The topological polar surface area (TPSA) is 46.3 Å². The van der Waals surface area contributed by atoms with Gasteiger partial charge in [0.2, 0.25) is 5.91 Å². The molecule has 1 heterocycles. The summed E-state index contributed by atoms with van der Waals surface area (Å²) >= 11 is 1.56. The predicted molar refractivity (Wildman–Crippen MR) is 59.6 cm³/mol. The highest BCUT2D eigenvalue weighted by Crippen LogP contribution is 2.36. The van der Waals surface area contributed by atoms with Crippen molar-refractivity contribution >= 4 is 29.0 Å². The molecule has 1 aliphatic heterocycles. The molecule has 0 atom stereocenters. The number of carbonyl (C=O) groups is 1. The maximum atomic E-state index is 11.5. The average Bonchev–Trinajstić information content (AvgIpc) is 2.18. The fraction of sp³-hybridized carbons (Fsp3) is 0.300. The van der Waals surface area contributed by atoms with E-state index in [0.29, 0.717) is 5.75 Å². The fourth-order valence-corrected chi connectivity index (χ4v) is 2.55. The highest BCUT2D eigenvalue weighted by Gasteiger charge is 2.22. The van der Waals surface area contributed by atoms with Gasteiger partial charge in [-0.2, -0.15) is 0 Å². The smallest absolute Gasteiger partial charge is 0.237 e. The summed E-state index contributed by atoms with van der Waals surface area (Å²) in [5.74, 6) is 0.694. The van der Waals surface area contributed by atoms with Crippen molar-refractivity contribution in [3.05, 3.63) is 18.2 Å². The van der Waals surface area contributed by atoms with Gasteiger partial charge in [0.15, 0.2) is 0 Å². The van der Waals surface area contributed by atoms with Crippen LogP contribution < -0.4 is 10.6 Å². The Morgan fingerprint density at radius 1 is 1.57 bits per heavy atom. The lowest BCUT2D eigenvalue weighted by Crippen LogP contribution is -2.34. The first-order chi connectivity index (χ1) is 6.72. The van der Waals surface area contributed by atoms with E-state index in [1.807, 2.05) is 25.1 Å². The predicted octanol–water partition coefficient (Wildman–Crippen LogP) is 1.73. The van der Waals surface area contributed by atoms with Gasteiger partial charge in [0.05, 0.1) is 11.4 Å². The Morgan fingerprint density at radius 2 is 2.36 bits per heavy atom. The van der Waals surface area contributed by atoms with Crippen molar-refractivity contribution in [2.24, 2.45) is 0 Å². The van der Waals surface area contributed by atoms with E-state index in [2.05, 4.69) is 0 Å². The lowest BCUT2D eigenvalue weighted by molar-refractivity contribution is -0.116. The van der Waals surface area contributed by atoms with Crippen LogP contribution in [0.25, 0.3) is 0 Å². The number of nitrogens with zero attached hydrogens (tertiary/aromatic N) is 1. The summed E-state index contributed by atoms with van der Waals surface area (Å²) in [6.07, 6.45) is 0. The molecule has 2 N–H and O–H groups in total. The molecule has 14 heavy (non-hydrogen) atoms. The van der Waals surface area contributed by atoms with E-state index < -0.39 is 0 Å². The van der Waals surface area contributed by atoms with E-state index in [1.165, 1.54) is 0 Å². The second-order valence-corrected chi connectivity index (χ2v) is 4.17. The molecule has 0 aliphatic carbocycles. The molecule has 4 heteroatoms. The van der Waals surface area contributed by atoms with Crippen molar-refractivity contribution in [3.8, 4) is 0 Å². The summed E-state index contributed by atoms with van der Waals surface area (Å²) in [6, 6.07) is 5.67. The van der Waals surface area contributed by atoms with Gasteiger partial charge in [0, 0.05) is 17.1 Å². The number of carbonyl (C=O) groups excluding carboxylic acids is 1. The zero-order chi connectivity index (χ0) is 10.1. The number of hydrogen-bond donors (Lipinski definition) is 1. The first-order valence-electron chi connectivity index (χ1n) is 4.55. The van der Waals surface area contributed by atoms with Gasteiger partial charge in [-0.15, -0.1) is 11.8 Å². The van der Waals surface area contributed by atoms with E-state index >= 15 is 0 Å². The van der Waals surface area contributed by atoms with Crippen LogP contribution in [0.1, 0.15) is 6.92 Å². The minimum Gasteiger partial charge on any atom is -0.399 e. The summed E-state index contributed by atoms with van der Waals surface area (Å²) in [5, 5.41) is 0. The highest BCUT2D eigenvalue weighted by molar-refractivity contribution is 8.00. The van der Waals surface area contributed by atoms with Crippen molar-refractivity contribution in [2.45, 2.75) is 11.8 Å². The summed E-state index contributed by atoms with van der Waals surface area (Å²) in [5.41, 5.74) is 7.43. The number of amides is 1. The van der Waals surface area contributed by atoms with Crippen LogP contribution in [0.2, 0.25) is 0 Å². The number of nitrogens with two attached hydrogens (primary N) is 1. The quantitative estimate of drug-likeness (QED) is 0.715. The van der Waals surface area contributed by atoms with E-state index in [-0.39, 0.29) is 5.91 Å². The van der Waals surface area contributed by atoms with Crippen LogP contribution in [0.5, 0.6) is 0 Å². The largest absolute Gasteiger partial charge is 0.399 e. The molecule has 2 rings (SSSR count). The molecule has 1 aliphatic rings. The number of anilines is 2. The lowest BCUT2D eigenvalue weighted by Gasteiger charge is -2.27. The molecule has 0 unspecified atom stereocenters. The normalized spacial score (nSPS) is 15.5. The Labute approximate surface area is 87.3 Å². The van der Waals surface area contributed by atoms with E-state index in [0.717, 1.165) is 22.8 Å². The molecular formula is C10H12N2OS. The monoisotopic (exact) mass is 208 g/mol. The Bertz CT molecular complexity index is 378. The van der Waals surface area contributed by atoms with E-state index in [1.54, 1.807) is 16.7 Å². The maximum absolute atomic E-state index is 11.5. The third-order valence-corrected chi connectivity index (χ3v) is 3.27. The molecule has 0 bridgehead atoms. The van der Waals surface area contributed by atoms with E-state index in [9.17, 15) is 4.79 Å². The number of nitrogen functional groups attached to an aromatic ring is 1. The van der Waals surface area contributed by atoms with E-state index in [4.69, 9.17) is 5.73 Å². The first kappa shape index (κ1) is 9.40. The molecule has 0 spiro atoms. The van der Waals surface area contributed by atoms with Crippen LogP contribution in [-0.4, -0.2) is 18.2 Å². The van der Waals surface area contributed by atoms with Crippen LogP contribution >= 0.6 is 11.8 Å². The number of hydrogen-bond acceptors (Lipinski definition) is 3. The summed E-state index contributed by atoms with van der Waals surface area (Å²) in [7, 11) is 0. The molecule has 1 amide bonds. The van der Waals surface area contributed by atoms with Gasteiger partial charge in [-0.1, -0.05) is 0 Å².